The van der Waals surface area contributed by atoms with E-state index in [2.05, 4.69) is 23.5 Å². The van der Waals surface area contributed by atoms with Crippen LogP contribution < -0.4 is 4.74 Å². The molecular weight excluding hydrogens is 304 g/mol. The van der Waals surface area contributed by atoms with E-state index in [-0.39, 0.29) is 0 Å². The lowest BCUT2D eigenvalue weighted by molar-refractivity contribution is 0.150. The van der Waals surface area contributed by atoms with Crippen molar-refractivity contribution in [3.63, 3.8) is 0 Å². The van der Waals surface area contributed by atoms with Crippen molar-refractivity contribution in [2.45, 2.75) is 70.3 Å². The second kappa shape index (κ2) is 6.23. The van der Waals surface area contributed by atoms with E-state index in [0.717, 1.165) is 36.4 Å². The molecule has 4 heteroatoms. The number of hydrogen-bond acceptors (Lipinski definition) is 4. The van der Waals surface area contributed by atoms with Crippen LogP contribution in [0.25, 0.3) is 10.2 Å². The first-order valence-corrected chi connectivity index (χ1v) is 9.61. The van der Waals surface area contributed by atoms with Crippen LogP contribution in [-0.4, -0.2) is 16.1 Å². The Morgan fingerprint density at radius 2 is 2.09 bits per heavy atom. The zero-order valence-corrected chi connectivity index (χ0v) is 14.6. The van der Waals surface area contributed by atoms with Crippen molar-refractivity contribution < 1.29 is 4.74 Å². The number of hydrogen-bond donors (Lipinski definition) is 0. The van der Waals surface area contributed by atoms with Gasteiger partial charge in [-0.1, -0.05) is 12.0 Å². The minimum Gasteiger partial charge on any atom is -0.474 e. The van der Waals surface area contributed by atoms with Crippen LogP contribution in [0.2, 0.25) is 0 Å². The van der Waals surface area contributed by atoms with Gasteiger partial charge in [-0.15, -0.1) is 17.9 Å². The van der Waals surface area contributed by atoms with E-state index >= 15 is 0 Å². The lowest BCUT2D eigenvalue weighted by Gasteiger charge is -2.23. The molecule has 2 aliphatic rings. The first-order chi connectivity index (χ1) is 11.2. The van der Waals surface area contributed by atoms with Gasteiger partial charge in [0.05, 0.1) is 5.39 Å². The lowest BCUT2D eigenvalue weighted by Crippen LogP contribution is -2.20. The van der Waals surface area contributed by atoms with Crippen LogP contribution in [0.4, 0.5) is 0 Å². The molecule has 0 saturated heterocycles. The highest BCUT2D eigenvalue weighted by molar-refractivity contribution is 7.19. The Hall–Kier alpha value is -1.42. The predicted molar refractivity (Wildman–Crippen MR) is 95.4 cm³/mol. The Morgan fingerprint density at radius 1 is 1.26 bits per heavy atom. The number of aromatic nitrogens is 2. The van der Waals surface area contributed by atoms with E-state index in [1.54, 1.807) is 6.33 Å². The largest absolute Gasteiger partial charge is 0.474 e. The fourth-order valence-corrected chi connectivity index (χ4v) is 5.33. The molecule has 2 aromatic heterocycles. The quantitative estimate of drug-likeness (QED) is 0.705. The Morgan fingerprint density at radius 3 is 2.87 bits per heavy atom. The summed E-state index contributed by atoms with van der Waals surface area (Å²) < 4.78 is 6.34. The minimum absolute atomic E-state index is 0.332. The molecule has 2 aliphatic carbocycles. The molecular formula is C19H24N2OS. The van der Waals surface area contributed by atoms with Crippen molar-refractivity contribution in [2.75, 3.05) is 0 Å². The van der Waals surface area contributed by atoms with Gasteiger partial charge in [-0.3, -0.25) is 0 Å². The molecule has 1 fully saturated rings. The smallest absolute Gasteiger partial charge is 0.225 e. The van der Waals surface area contributed by atoms with E-state index in [4.69, 9.17) is 4.74 Å². The second-order valence-corrected chi connectivity index (χ2v) is 8.16. The summed E-state index contributed by atoms with van der Waals surface area (Å²) in [5, 5.41) is 1.20. The average molecular weight is 328 g/mol. The summed E-state index contributed by atoms with van der Waals surface area (Å²) in [4.78, 5) is 11.6. The van der Waals surface area contributed by atoms with E-state index in [1.807, 2.05) is 11.3 Å². The van der Waals surface area contributed by atoms with Crippen LogP contribution in [-0.2, 0) is 6.42 Å². The van der Waals surface area contributed by atoms with Crippen LogP contribution in [0.15, 0.2) is 18.5 Å². The first-order valence-electron chi connectivity index (χ1n) is 8.79. The molecule has 0 unspecified atom stereocenters. The number of fused-ring (bicyclic) bond motifs is 3. The van der Waals surface area contributed by atoms with Crippen LogP contribution in [0, 0.1) is 0 Å². The average Bonchev–Trinajstić information content (AvgIpc) is 3.08. The van der Waals surface area contributed by atoms with E-state index in [0.29, 0.717) is 12.0 Å². The molecule has 4 rings (SSSR count). The fraction of sp³-hybridized carbons (Fsp3) is 0.579. The molecule has 0 radical (unpaired) electrons. The molecule has 0 amide bonds. The maximum absolute atomic E-state index is 6.34. The normalized spacial score (nSPS) is 21.5. The highest BCUT2D eigenvalue weighted by Crippen LogP contribution is 2.48. The van der Waals surface area contributed by atoms with E-state index < -0.39 is 0 Å². The topological polar surface area (TPSA) is 35.0 Å². The molecule has 1 saturated carbocycles. The van der Waals surface area contributed by atoms with Crippen molar-refractivity contribution >= 4 is 21.6 Å². The summed E-state index contributed by atoms with van der Waals surface area (Å²) in [6, 6.07) is 0. The zero-order valence-electron chi connectivity index (χ0n) is 13.8. The molecule has 2 aromatic rings. The Balaban J connectivity index is 1.72. The predicted octanol–water partition coefficient (Wildman–Crippen LogP) is 5.40. The van der Waals surface area contributed by atoms with Crippen molar-refractivity contribution in [3.8, 4) is 5.88 Å². The molecule has 1 atom stereocenters. The number of aryl methyl sites for hydroxylation is 1. The van der Waals surface area contributed by atoms with Gasteiger partial charge >= 0.3 is 0 Å². The van der Waals surface area contributed by atoms with Crippen LogP contribution in [0.3, 0.4) is 0 Å². The van der Waals surface area contributed by atoms with E-state index in [1.165, 1.54) is 47.1 Å². The summed E-state index contributed by atoms with van der Waals surface area (Å²) in [6.07, 6.45) is 11.7. The molecule has 0 aromatic carbocycles. The highest BCUT2D eigenvalue weighted by Gasteiger charge is 2.30. The van der Waals surface area contributed by atoms with Gasteiger partial charge in [-0.25, -0.2) is 9.97 Å². The number of rotatable bonds is 4. The Labute approximate surface area is 141 Å². The SMILES string of the molecule is C=C(C)C[C@H]1CCc2sc3ncnc(OC4CCCCC4)c3c21. The third-order valence-electron chi connectivity index (χ3n) is 5.12. The maximum Gasteiger partial charge on any atom is 0.225 e. The number of ether oxygens (including phenoxy) is 1. The van der Waals surface area contributed by atoms with Crippen molar-refractivity contribution in [2.24, 2.45) is 0 Å². The van der Waals surface area contributed by atoms with Gasteiger partial charge < -0.3 is 4.74 Å². The third-order valence-corrected chi connectivity index (χ3v) is 6.29. The van der Waals surface area contributed by atoms with Gasteiger partial charge in [-0.05, 0) is 63.4 Å². The van der Waals surface area contributed by atoms with Gasteiger partial charge in [-0.2, -0.15) is 0 Å². The standard InChI is InChI=1S/C19H24N2OS/c1-12(2)10-13-8-9-15-16(13)17-18(20-11-21-19(17)23-15)22-14-6-4-3-5-7-14/h11,13-14H,1,3-10H2,2H3/t13-/m1/s1. The zero-order chi connectivity index (χ0) is 15.8. The van der Waals surface area contributed by atoms with Gasteiger partial charge in [0.1, 0.15) is 17.3 Å². The molecule has 23 heavy (non-hydrogen) atoms. The van der Waals surface area contributed by atoms with Crippen molar-refractivity contribution in [1.82, 2.24) is 9.97 Å². The molecule has 2 heterocycles. The summed E-state index contributed by atoms with van der Waals surface area (Å²) in [6.45, 7) is 6.24. The number of allylic oxidation sites excluding steroid dienone is 1. The van der Waals surface area contributed by atoms with Gasteiger partial charge in [0.25, 0.3) is 0 Å². The van der Waals surface area contributed by atoms with Crippen LogP contribution in [0.5, 0.6) is 5.88 Å². The fourth-order valence-electron chi connectivity index (χ4n) is 4.10. The van der Waals surface area contributed by atoms with Crippen LogP contribution >= 0.6 is 11.3 Å². The second-order valence-electron chi connectivity index (χ2n) is 7.07. The minimum atomic E-state index is 0.332. The molecule has 0 bridgehead atoms. The first kappa shape index (κ1) is 15.1. The number of thiophene rings is 1. The monoisotopic (exact) mass is 328 g/mol. The van der Waals surface area contributed by atoms with E-state index in [9.17, 15) is 0 Å². The lowest BCUT2D eigenvalue weighted by atomic mass is 9.94. The highest BCUT2D eigenvalue weighted by atomic mass is 32.1. The summed E-state index contributed by atoms with van der Waals surface area (Å²) in [7, 11) is 0. The maximum atomic E-state index is 6.34. The Kier molecular flexibility index (Phi) is 4.10. The molecule has 3 nitrogen and oxygen atoms in total. The summed E-state index contributed by atoms with van der Waals surface area (Å²) >= 11 is 1.83. The summed E-state index contributed by atoms with van der Waals surface area (Å²) in [5.74, 6) is 1.39. The molecule has 0 spiro atoms. The molecule has 0 N–H and O–H groups in total. The number of nitrogens with zero attached hydrogens (tertiary/aromatic N) is 2. The summed E-state index contributed by atoms with van der Waals surface area (Å²) in [5.41, 5.74) is 2.72. The molecule has 0 aliphatic heterocycles. The van der Waals surface area contributed by atoms with Crippen molar-refractivity contribution in [1.29, 1.82) is 0 Å². The van der Waals surface area contributed by atoms with Gasteiger partial charge in [0.15, 0.2) is 0 Å². The van der Waals surface area contributed by atoms with Gasteiger partial charge in [0, 0.05) is 4.88 Å². The Bertz CT molecular complexity index is 730. The third kappa shape index (κ3) is 2.89. The van der Waals surface area contributed by atoms with Gasteiger partial charge in [0.2, 0.25) is 5.88 Å². The molecule has 122 valence electrons. The van der Waals surface area contributed by atoms with Crippen molar-refractivity contribution in [3.05, 3.63) is 28.9 Å². The van der Waals surface area contributed by atoms with Crippen LogP contribution in [0.1, 0.15) is 68.2 Å².